The van der Waals surface area contributed by atoms with Gasteiger partial charge in [0.15, 0.2) is 0 Å². The van der Waals surface area contributed by atoms with Gasteiger partial charge in [-0.15, -0.1) is 0 Å². The number of sulfonamides is 1. The van der Waals surface area contributed by atoms with E-state index in [1.807, 2.05) is 18.4 Å². The molecule has 3 aromatic carbocycles. The summed E-state index contributed by atoms with van der Waals surface area (Å²) in [7, 11) is -4.41. The van der Waals surface area contributed by atoms with Crippen molar-refractivity contribution in [2.75, 3.05) is 10.8 Å². The first kappa shape index (κ1) is 30.2. The second-order valence-electron chi connectivity index (χ2n) is 8.90. The van der Waals surface area contributed by atoms with E-state index < -0.39 is 34.2 Å². The van der Waals surface area contributed by atoms with Crippen LogP contribution in [0.15, 0.2) is 88.9 Å². The molecule has 0 atom stereocenters. The van der Waals surface area contributed by atoms with Crippen LogP contribution in [-0.4, -0.2) is 31.7 Å². The number of hydrazone groups is 1. The predicted molar refractivity (Wildman–Crippen MR) is 153 cm³/mol. The first-order valence-electron chi connectivity index (χ1n) is 12.0. The Bertz CT molecular complexity index is 1720. The molecule has 41 heavy (non-hydrogen) atoms. The number of alkyl halides is 3. The van der Waals surface area contributed by atoms with E-state index in [-0.39, 0.29) is 10.6 Å². The molecule has 0 unspecified atom stereocenters. The lowest BCUT2D eigenvalue weighted by atomic mass is 10.2. The number of anilines is 1. The molecule has 214 valence electrons. The molecule has 1 amide bonds. The molecule has 7 nitrogen and oxygen atoms in total. The second kappa shape index (κ2) is 12.0. The maximum absolute atomic E-state index is 13.4. The molecule has 0 spiro atoms. The van der Waals surface area contributed by atoms with E-state index in [1.165, 1.54) is 36.5 Å². The van der Waals surface area contributed by atoms with Crippen molar-refractivity contribution in [1.82, 2.24) is 9.99 Å². The van der Waals surface area contributed by atoms with Crippen molar-refractivity contribution < 1.29 is 26.4 Å². The van der Waals surface area contributed by atoms with Gasteiger partial charge < -0.3 is 4.57 Å². The molecular formula is C28H23Cl2F3N4O3S. The molecule has 1 N–H and O–H groups in total. The van der Waals surface area contributed by atoms with Gasteiger partial charge in [0.2, 0.25) is 0 Å². The predicted octanol–water partition coefficient (Wildman–Crippen LogP) is 6.77. The minimum absolute atomic E-state index is 0.194. The number of aryl methyl sites for hydroxylation is 1. The summed E-state index contributed by atoms with van der Waals surface area (Å²) < 4.78 is 69.4. The first-order valence-corrected chi connectivity index (χ1v) is 14.2. The summed E-state index contributed by atoms with van der Waals surface area (Å²) in [4.78, 5) is 12.7. The van der Waals surface area contributed by atoms with Crippen molar-refractivity contribution in [1.29, 1.82) is 0 Å². The Kier molecular flexibility index (Phi) is 8.81. The van der Waals surface area contributed by atoms with Crippen molar-refractivity contribution in [3.05, 3.63) is 111 Å². The van der Waals surface area contributed by atoms with Gasteiger partial charge in [-0.1, -0.05) is 53.5 Å². The lowest BCUT2D eigenvalue weighted by Gasteiger charge is -2.24. The van der Waals surface area contributed by atoms with Crippen molar-refractivity contribution in [3.8, 4) is 5.69 Å². The molecule has 4 rings (SSSR count). The zero-order valence-electron chi connectivity index (χ0n) is 21.7. The van der Waals surface area contributed by atoms with Crippen molar-refractivity contribution in [2.45, 2.75) is 24.9 Å². The minimum atomic E-state index is -4.72. The largest absolute Gasteiger partial charge is 0.416 e. The third-order valence-electron chi connectivity index (χ3n) is 6.12. The highest BCUT2D eigenvalue weighted by molar-refractivity contribution is 7.92. The normalized spacial score (nSPS) is 12.1. The Balaban J connectivity index is 1.60. The number of aromatic nitrogens is 1. The fourth-order valence-corrected chi connectivity index (χ4v) is 5.98. The average Bonchev–Trinajstić information content (AvgIpc) is 3.21. The fraction of sp³-hybridized carbons (Fsp3) is 0.143. The van der Waals surface area contributed by atoms with Gasteiger partial charge >= 0.3 is 6.18 Å². The van der Waals surface area contributed by atoms with Gasteiger partial charge in [0.1, 0.15) is 6.54 Å². The topological polar surface area (TPSA) is 83.8 Å². The molecule has 0 radical (unpaired) electrons. The van der Waals surface area contributed by atoms with E-state index in [0.717, 1.165) is 23.5 Å². The lowest BCUT2D eigenvalue weighted by Crippen LogP contribution is -2.39. The number of amides is 1. The summed E-state index contributed by atoms with van der Waals surface area (Å²) in [6, 6.07) is 17.9. The zero-order valence-corrected chi connectivity index (χ0v) is 24.0. The molecule has 13 heteroatoms. The second-order valence-corrected chi connectivity index (χ2v) is 11.5. The van der Waals surface area contributed by atoms with Gasteiger partial charge in [0, 0.05) is 17.0 Å². The Morgan fingerprint density at radius 3 is 2.37 bits per heavy atom. The van der Waals surface area contributed by atoms with Crippen LogP contribution in [0.25, 0.3) is 5.69 Å². The zero-order chi connectivity index (χ0) is 29.9. The molecular weight excluding hydrogens is 600 g/mol. The molecule has 0 aliphatic rings. The summed E-state index contributed by atoms with van der Waals surface area (Å²) in [6.45, 7) is 2.84. The number of hydrogen-bond acceptors (Lipinski definition) is 4. The summed E-state index contributed by atoms with van der Waals surface area (Å²) in [5.74, 6) is -0.870. The average molecular weight is 623 g/mol. The SMILES string of the molecule is Cc1cc(/C=N/NC(=O)CN(c2cccc(C(F)(F)F)c2)S(=O)(=O)c2ccccc2)c(C)n1-c1cccc(Cl)c1Cl. The third kappa shape index (κ3) is 6.58. The highest BCUT2D eigenvalue weighted by atomic mass is 35.5. The molecule has 0 aliphatic heterocycles. The number of carbonyl (C=O) groups excluding carboxylic acids is 1. The number of nitrogens with one attached hydrogen (secondary N) is 1. The van der Waals surface area contributed by atoms with E-state index in [2.05, 4.69) is 10.5 Å². The van der Waals surface area contributed by atoms with E-state index in [4.69, 9.17) is 23.2 Å². The lowest BCUT2D eigenvalue weighted by molar-refractivity contribution is -0.137. The van der Waals surface area contributed by atoms with Crippen molar-refractivity contribution in [2.24, 2.45) is 5.10 Å². The van der Waals surface area contributed by atoms with Crippen LogP contribution in [-0.2, 0) is 21.0 Å². The van der Waals surface area contributed by atoms with Crippen LogP contribution in [0.4, 0.5) is 18.9 Å². The van der Waals surface area contributed by atoms with E-state index >= 15 is 0 Å². The van der Waals surface area contributed by atoms with Crippen LogP contribution in [0.5, 0.6) is 0 Å². The number of benzene rings is 3. The Labute approximate surface area is 244 Å². The monoisotopic (exact) mass is 622 g/mol. The van der Waals surface area contributed by atoms with Gasteiger partial charge in [-0.3, -0.25) is 9.10 Å². The van der Waals surface area contributed by atoms with Gasteiger partial charge in [-0.05, 0) is 62.4 Å². The maximum Gasteiger partial charge on any atom is 0.416 e. The van der Waals surface area contributed by atoms with Gasteiger partial charge in [0.25, 0.3) is 15.9 Å². The van der Waals surface area contributed by atoms with Gasteiger partial charge in [0.05, 0.1) is 38.1 Å². The van der Waals surface area contributed by atoms with E-state index in [9.17, 15) is 26.4 Å². The standard InChI is InChI=1S/C28H23Cl2F3N4O3S/c1-18-14-20(19(2)37(18)25-13-7-12-24(29)27(25)30)16-34-35-26(38)17-36(41(39,40)23-10-4-3-5-11-23)22-9-6-8-21(15-22)28(31,32)33/h3-16H,17H2,1-2H3,(H,35,38)/b34-16+. The summed E-state index contributed by atoms with van der Waals surface area (Å²) >= 11 is 12.5. The molecule has 1 aromatic heterocycles. The van der Waals surface area contributed by atoms with Gasteiger partial charge in [-0.2, -0.15) is 18.3 Å². The summed E-state index contributed by atoms with van der Waals surface area (Å²) in [5, 5.41) is 4.70. The van der Waals surface area contributed by atoms with Crippen LogP contribution in [0.2, 0.25) is 10.0 Å². The number of nitrogens with zero attached hydrogens (tertiary/aromatic N) is 3. The van der Waals surface area contributed by atoms with Crippen molar-refractivity contribution >= 4 is 51.0 Å². The van der Waals surface area contributed by atoms with Crippen LogP contribution >= 0.6 is 23.2 Å². The summed E-state index contributed by atoms with van der Waals surface area (Å²) in [5.41, 5.74) is 3.71. The Hall–Kier alpha value is -3.80. The Morgan fingerprint density at radius 1 is 1.00 bits per heavy atom. The third-order valence-corrected chi connectivity index (χ3v) is 8.71. The van der Waals surface area contributed by atoms with E-state index in [0.29, 0.717) is 31.7 Å². The number of rotatable bonds is 8. The number of halogens is 5. The van der Waals surface area contributed by atoms with Crippen LogP contribution in [0.3, 0.4) is 0 Å². The fourth-order valence-electron chi connectivity index (χ4n) is 4.17. The highest BCUT2D eigenvalue weighted by Crippen LogP contribution is 2.34. The van der Waals surface area contributed by atoms with Crippen LogP contribution in [0, 0.1) is 13.8 Å². The highest BCUT2D eigenvalue weighted by Gasteiger charge is 2.33. The molecule has 0 bridgehead atoms. The maximum atomic E-state index is 13.4. The van der Waals surface area contributed by atoms with Crippen LogP contribution < -0.4 is 9.73 Å². The molecule has 1 heterocycles. The first-order chi connectivity index (χ1) is 19.3. The Morgan fingerprint density at radius 2 is 1.68 bits per heavy atom. The smallest absolute Gasteiger partial charge is 0.316 e. The number of hydrogen-bond donors (Lipinski definition) is 1. The molecule has 4 aromatic rings. The molecule has 0 saturated carbocycles. The van der Waals surface area contributed by atoms with Crippen LogP contribution in [0.1, 0.15) is 22.5 Å². The molecule has 0 saturated heterocycles. The summed E-state index contributed by atoms with van der Waals surface area (Å²) in [6.07, 6.45) is -3.35. The molecule has 0 aliphatic carbocycles. The molecule has 0 fully saturated rings. The van der Waals surface area contributed by atoms with Gasteiger partial charge in [-0.25, -0.2) is 13.8 Å². The quantitative estimate of drug-likeness (QED) is 0.174. The number of carbonyl (C=O) groups is 1. The minimum Gasteiger partial charge on any atom is -0.316 e. The van der Waals surface area contributed by atoms with Crippen molar-refractivity contribution in [3.63, 3.8) is 0 Å². The van der Waals surface area contributed by atoms with E-state index in [1.54, 1.807) is 30.3 Å².